The Kier molecular flexibility index (Phi) is 6.36. The monoisotopic (exact) mass is 494 g/mol. The molecule has 1 aromatic heterocycles. The van der Waals surface area contributed by atoms with Gasteiger partial charge in [-0.25, -0.2) is 0 Å². The maximum Gasteiger partial charge on any atom is 0.239 e. The molecule has 0 unspecified atom stereocenters. The van der Waals surface area contributed by atoms with Gasteiger partial charge in [0.2, 0.25) is 23.2 Å². The van der Waals surface area contributed by atoms with Crippen LogP contribution in [0.4, 0.5) is 0 Å². The molecule has 2 aromatic carbocycles. The van der Waals surface area contributed by atoms with Gasteiger partial charge in [0.25, 0.3) is 0 Å². The number of aromatic hydroxyl groups is 4. The minimum Gasteiger partial charge on any atom is -0.504 e. The normalized spacial score (nSPS) is 24.4. The Balaban J connectivity index is 1.95. The van der Waals surface area contributed by atoms with Crippen LogP contribution in [-0.2, 0) is 4.74 Å². The first-order valence-corrected chi connectivity index (χ1v) is 10.2. The number of ether oxygens (including phenoxy) is 3. The van der Waals surface area contributed by atoms with E-state index in [2.05, 4.69) is 0 Å². The van der Waals surface area contributed by atoms with Crippen molar-refractivity contribution in [2.75, 3.05) is 13.7 Å². The van der Waals surface area contributed by atoms with Crippen molar-refractivity contribution in [3.63, 3.8) is 0 Å². The number of phenolic OH excluding ortho intramolecular Hbond substituents is 4. The highest BCUT2D eigenvalue weighted by atomic mass is 16.7. The van der Waals surface area contributed by atoms with E-state index in [0.29, 0.717) is 0 Å². The molecule has 13 heteroatoms. The second kappa shape index (κ2) is 9.13. The minimum absolute atomic E-state index is 0.0135. The largest absolute Gasteiger partial charge is 0.504 e. The summed E-state index contributed by atoms with van der Waals surface area (Å²) in [7, 11) is 1.28. The number of methoxy groups -OCH3 is 1. The molecule has 13 nitrogen and oxygen atoms in total. The number of rotatable bonds is 5. The van der Waals surface area contributed by atoms with Gasteiger partial charge >= 0.3 is 0 Å². The van der Waals surface area contributed by atoms with Crippen molar-refractivity contribution >= 4 is 11.0 Å². The van der Waals surface area contributed by atoms with Crippen molar-refractivity contribution in [2.45, 2.75) is 30.7 Å². The van der Waals surface area contributed by atoms with Crippen LogP contribution in [0.2, 0.25) is 0 Å². The van der Waals surface area contributed by atoms with E-state index in [0.717, 1.165) is 6.07 Å². The maximum atomic E-state index is 13.4. The van der Waals surface area contributed by atoms with Crippen LogP contribution in [0.15, 0.2) is 33.5 Å². The van der Waals surface area contributed by atoms with Gasteiger partial charge in [-0.15, -0.1) is 0 Å². The van der Waals surface area contributed by atoms with Crippen LogP contribution in [0.5, 0.6) is 34.5 Å². The predicted molar refractivity (Wildman–Crippen MR) is 116 cm³/mol. The van der Waals surface area contributed by atoms with E-state index in [-0.39, 0.29) is 28.4 Å². The van der Waals surface area contributed by atoms with Crippen molar-refractivity contribution in [1.29, 1.82) is 0 Å². The van der Waals surface area contributed by atoms with Crippen LogP contribution >= 0.6 is 0 Å². The summed E-state index contributed by atoms with van der Waals surface area (Å²) in [5.74, 6) is -4.05. The molecule has 35 heavy (non-hydrogen) atoms. The van der Waals surface area contributed by atoms with Crippen LogP contribution in [0, 0.1) is 0 Å². The third-order valence-corrected chi connectivity index (χ3v) is 5.59. The smallest absolute Gasteiger partial charge is 0.239 e. The van der Waals surface area contributed by atoms with Crippen molar-refractivity contribution in [1.82, 2.24) is 0 Å². The fourth-order valence-corrected chi connectivity index (χ4v) is 3.69. The second-order valence-corrected chi connectivity index (χ2v) is 7.76. The number of aliphatic hydroxyl groups is 4. The third kappa shape index (κ3) is 4.05. The van der Waals surface area contributed by atoms with Crippen LogP contribution in [0.25, 0.3) is 22.3 Å². The predicted octanol–water partition coefficient (Wildman–Crippen LogP) is -0.530. The van der Waals surface area contributed by atoms with Gasteiger partial charge in [-0.1, -0.05) is 0 Å². The molecule has 5 atom stereocenters. The first-order valence-electron chi connectivity index (χ1n) is 10.2. The first kappa shape index (κ1) is 24.4. The number of aliphatic hydroxyl groups excluding tert-OH is 4. The highest BCUT2D eigenvalue weighted by molar-refractivity contribution is 5.91. The summed E-state index contributed by atoms with van der Waals surface area (Å²) in [6.07, 6.45) is -8.53. The first-order chi connectivity index (χ1) is 16.6. The van der Waals surface area contributed by atoms with Gasteiger partial charge in [0.15, 0.2) is 28.8 Å². The van der Waals surface area contributed by atoms with Crippen molar-refractivity contribution in [2.24, 2.45) is 0 Å². The van der Waals surface area contributed by atoms with E-state index in [1.807, 2.05) is 0 Å². The van der Waals surface area contributed by atoms with Crippen LogP contribution < -0.4 is 14.9 Å². The van der Waals surface area contributed by atoms with E-state index in [4.69, 9.17) is 18.6 Å². The summed E-state index contributed by atoms with van der Waals surface area (Å²) in [5.41, 5.74) is -1.32. The van der Waals surface area contributed by atoms with Gasteiger partial charge in [-0.3, -0.25) is 4.79 Å². The third-order valence-electron chi connectivity index (χ3n) is 5.59. The van der Waals surface area contributed by atoms with Gasteiger partial charge in [0.05, 0.1) is 13.7 Å². The molecule has 1 aliphatic rings. The molecule has 0 radical (unpaired) electrons. The van der Waals surface area contributed by atoms with Crippen LogP contribution in [-0.4, -0.2) is 85.3 Å². The standard InChI is InChI=1S/C22H22O13/c1-32-10-4-7(2-3-8(10)24)20-21(35-22-19(31)18(30)15(27)12(6-23)34-22)17(29)13-11(33-20)5-9(25)14(26)16(13)28/h2-5,12,15,18-19,22-28,30-31H,6H2,1H3/t12-,15-,18+,19-,22+/m1/s1. The number of hydrogen-bond acceptors (Lipinski definition) is 13. The molecule has 0 amide bonds. The van der Waals surface area contributed by atoms with Crippen molar-refractivity contribution < 1.29 is 59.5 Å². The quantitative estimate of drug-likeness (QED) is 0.209. The highest BCUT2D eigenvalue weighted by Crippen LogP contribution is 2.43. The fourth-order valence-electron chi connectivity index (χ4n) is 3.69. The molecule has 3 aromatic rings. The summed E-state index contributed by atoms with van der Waals surface area (Å²) in [6, 6.07) is 4.70. The molecular formula is C22H22O13. The number of hydrogen-bond donors (Lipinski definition) is 8. The zero-order valence-electron chi connectivity index (χ0n) is 18.0. The topological polar surface area (TPSA) is 220 Å². The lowest BCUT2D eigenvalue weighted by molar-refractivity contribution is -0.277. The van der Waals surface area contributed by atoms with E-state index in [1.165, 1.54) is 25.3 Å². The number of phenols is 4. The van der Waals surface area contributed by atoms with E-state index < -0.39 is 71.1 Å². The Morgan fingerprint density at radius 2 is 1.66 bits per heavy atom. The summed E-state index contributed by atoms with van der Waals surface area (Å²) in [5, 5.41) is 79.2. The average Bonchev–Trinajstić information content (AvgIpc) is 2.84. The van der Waals surface area contributed by atoms with Gasteiger partial charge in [0.1, 0.15) is 35.4 Å². The minimum atomic E-state index is -1.88. The molecule has 2 heterocycles. The maximum absolute atomic E-state index is 13.4. The lowest BCUT2D eigenvalue weighted by Crippen LogP contribution is -2.60. The molecule has 0 bridgehead atoms. The molecule has 0 saturated carbocycles. The average molecular weight is 494 g/mol. The van der Waals surface area contributed by atoms with Gasteiger partial charge in [-0.05, 0) is 18.2 Å². The molecule has 1 fully saturated rings. The number of benzene rings is 2. The molecule has 188 valence electrons. The molecule has 0 aliphatic carbocycles. The lowest BCUT2D eigenvalue weighted by Gasteiger charge is -2.39. The summed E-state index contributed by atoms with van der Waals surface area (Å²) >= 11 is 0. The molecule has 1 saturated heterocycles. The van der Waals surface area contributed by atoms with Crippen LogP contribution in [0.1, 0.15) is 0 Å². The molecular weight excluding hydrogens is 472 g/mol. The van der Waals surface area contributed by atoms with Crippen molar-refractivity contribution in [3.8, 4) is 45.8 Å². The molecule has 4 rings (SSSR count). The Hall–Kier alpha value is -3.75. The Labute approximate surface area is 195 Å². The Bertz CT molecular complexity index is 1320. The second-order valence-electron chi connectivity index (χ2n) is 7.76. The van der Waals surface area contributed by atoms with E-state index >= 15 is 0 Å². The zero-order chi connectivity index (χ0) is 25.6. The fraction of sp³-hybridized carbons (Fsp3) is 0.318. The van der Waals surface area contributed by atoms with Crippen LogP contribution in [0.3, 0.4) is 0 Å². The molecule has 8 N–H and O–H groups in total. The molecule has 1 aliphatic heterocycles. The van der Waals surface area contributed by atoms with E-state index in [1.54, 1.807) is 0 Å². The number of fused-ring (bicyclic) bond motifs is 1. The Morgan fingerprint density at radius 1 is 0.943 bits per heavy atom. The Morgan fingerprint density at radius 3 is 2.31 bits per heavy atom. The van der Waals surface area contributed by atoms with Gasteiger partial charge in [0, 0.05) is 11.6 Å². The SMILES string of the molecule is COc1cc(-c2oc3cc(O)c(O)c(O)c3c(=O)c2O[C@@H]2O[C@H](CO)[C@@H](O)[C@H](O)[C@H]2O)ccc1O. The summed E-state index contributed by atoms with van der Waals surface area (Å²) in [6.45, 7) is -0.757. The van der Waals surface area contributed by atoms with Gasteiger partial charge in [-0.2, -0.15) is 0 Å². The van der Waals surface area contributed by atoms with Crippen molar-refractivity contribution in [3.05, 3.63) is 34.5 Å². The summed E-state index contributed by atoms with van der Waals surface area (Å²) in [4.78, 5) is 13.4. The highest BCUT2D eigenvalue weighted by Gasteiger charge is 2.45. The van der Waals surface area contributed by atoms with E-state index in [9.17, 15) is 45.6 Å². The van der Waals surface area contributed by atoms with Gasteiger partial charge < -0.3 is 59.5 Å². The summed E-state index contributed by atoms with van der Waals surface area (Å²) < 4.78 is 21.6. The lowest BCUT2D eigenvalue weighted by atomic mass is 9.99. The molecule has 0 spiro atoms. The zero-order valence-corrected chi connectivity index (χ0v) is 18.0.